The molecule has 0 saturated carbocycles. The quantitative estimate of drug-likeness (QED) is 0.836. The summed E-state index contributed by atoms with van der Waals surface area (Å²) >= 11 is 0. The fraction of sp³-hybridized carbons (Fsp3) is 0.476. The first-order valence-corrected chi connectivity index (χ1v) is 9.72. The molecule has 6 nitrogen and oxygen atoms in total. The number of rotatable bonds is 3. The van der Waals surface area contributed by atoms with Crippen molar-refractivity contribution in [3.05, 3.63) is 48.3 Å². The molecule has 0 N–H and O–H groups in total. The van der Waals surface area contributed by atoms with Crippen LogP contribution in [0, 0.1) is 5.92 Å². The van der Waals surface area contributed by atoms with Gasteiger partial charge in [-0.25, -0.2) is 9.97 Å². The van der Waals surface area contributed by atoms with Gasteiger partial charge in [-0.2, -0.15) is 0 Å². The molecule has 1 aromatic heterocycles. The number of piperazine rings is 1. The molecule has 2 aliphatic heterocycles. The Hall–Kier alpha value is -2.63. The highest BCUT2D eigenvalue weighted by molar-refractivity contribution is 5.82. The maximum absolute atomic E-state index is 12.0. The van der Waals surface area contributed by atoms with Crippen LogP contribution < -0.4 is 9.80 Å². The molecule has 2 atom stereocenters. The lowest BCUT2D eigenvalue weighted by molar-refractivity contribution is -0.129. The number of carbonyl (C=O) groups excluding carboxylic acids is 1. The van der Waals surface area contributed by atoms with E-state index in [1.807, 2.05) is 18.0 Å². The molecule has 2 saturated heterocycles. The third-order valence-corrected chi connectivity index (χ3v) is 5.88. The first-order chi connectivity index (χ1) is 13.1. The van der Waals surface area contributed by atoms with Gasteiger partial charge in [-0.05, 0) is 23.8 Å². The predicted octanol–water partition coefficient (Wildman–Crippen LogP) is 2.38. The van der Waals surface area contributed by atoms with Crippen molar-refractivity contribution in [2.75, 3.05) is 49.6 Å². The maximum atomic E-state index is 12.0. The van der Waals surface area contributed by atoms with Crippen LogP contribution in [0.4, 0.5) is 11.6 Å². The molecule has 0 bridgehead atoms. The Kier molecular flexibility index (Phi) is 4.97. The van der Waals surface area contributed by atoms with Crippen molar-refractivity contribution in [1.29, 1.82) is 0 Å². The van der Waals surface area contributed by atoms with E-state index in [4.69, 9.17) is 0 Å². The maximum Gasteiger partial charge on any atom is 0.241 e. The largest absolute Gasteiger partial charge is 0.356 e. The van der Waals surface area contributed by atoms with Gasteiger partial charge in [-0.15, -0.1) is 0 Å². The number of hydrogen-bond acceptors (Lipinski definition) is 5. The minimum absolute atomic E-state index is 0.138. The number of aromatic nitrogens is 2. The third kappa shape index (κ3) is 3.75. The monoisotopic (exact) mass is 365 g/mol. The van der Waals surface area contributed by atoms with Crippen molar-refractivity contribution >= 4 is 17.5 Å². The molecule has 2 aromatic rings. The van der Waals surface area contributed by atoms with Gasteiger partial charge in [0.1, 0.15) is 18.0 Å². The Bertz CT molecular complexity index is 796. The fourth-order valence-corrected chi connectivity index (χ4v) is 4.19. The molecule has 3 heterocycles. The lowest BCUT2D eigenvalue weighted by atomic mass is 9.81. The lowest BCUT2D eigenvalue weighted by Gasteiger charge is -2.38. The van der Waals surface area contributed by atoms with Gasteiger partial charge >= 0.3 is 0 Å². The summed E-state index contributed by atoms with van der Waals surface area (Å²) in [5, 5.41) is 0. The molecule has 0 radical (unpaired) electrons. The zero-order valence-corrected chi connectivity index (χ0v) is 16.1. The highest BCUT2D eigenvalue weighted by atomic mass is 16.2. The molecule has 1 aromatic carbocycles. The minimum atomic E-state index is 0.138. The summed E-state index contributed by atoms with van der Waals surface area (Å²) in [6.45, 7) is 6.23. The van der Waals surface area contributed by atoms with E-state index in [-0.39, 0.29) is 5.91 Å². The summed E-state index contributed by atoms with van der Waals surface area (Å²) in [6, 6.07) is 12.8. The van der Waals surface area contributed by atoms with Gasteiger partial charge in [-0.3, -0.25) is 4.79 Å². The third-order valence-electron chi connectivity index (χ3n) is 5.88. The molecule has 2 fully saturated rings. The van der Waals surface area contributed by atoms with Gasteiger partial charge in [-0.1, -0.05) is 37.3 Å². The summed E-state index contributed by atoms with van der Waals surface area (Å²) in [7, 11) is 1.85. The number of nitrogens with zero attached hydrogens (tertiary/aromatic N) is 5. The van der Waals surface area contributed by atoms with Crippen LogP contribution in [0.15, 0.2) is 42.7 Å². The second-order valence-electron chi connectivity index (χ2n) is 7.70. The Morgan fingerprint density at radius 3 is 2.44 bits per heavy atom. The van der Waals surface area contributed by atoms with Crippen molar-refractivity contribution in [1.82, 2.24) is 14.9 Å². The summed E-state index contributed by atoms with van der Waals surface area (Å²) in [4.78, 5) is 27.1. The van der Waals surface area contributed by atoms with Gasteiger partial charge in [0.2, 0.25) is 5.91 Å². The molecular formula is C21H27N5O. The van der Waals surface area contributed by atoms with Crippen LogP contribution in [0.25, 0.3) is 0 Å². The van der Waals surface area contributed by atoms with Gasteiger partial charge in [0.25, 0.3) is 0 Å². The average Bonchev–Trinajstić information content (AvgIpc) is 2.71. The molecule has 142 valence electrons. The zero-order chi connectivity index (χ0) is 18.8. The number of hydrogen-bond donors (Lipinski definition) is 0. The summed E-state index contributed by atoms with van der Waals surface area (Å²) < 4.78 is 0. The Balaban J connectivity index is 1.46. The number of benzene rings is 1. The Morgan fingerprint density at radius 1 is 1.00 bits per heavy atom. The van der Waals surface area contributed by atoms with Crippen molar-refractivity contribution in [2.45, 2.75) is 19.3 Å². The summed E-state index contributed by atoms with van der Waals surface area (Å²) in [6.07, 6.45) is 2.75. The molecule has 2 aliphatic rings. The number of carbonyl (C=O) groups is 1. The lowest BCUT2D eigenvalue weighted by Crippen LogP contribution is -2.49. The smallest absolute Gasteiger partial charge is 0.241 e. The van der Waals surface area contributed by atoms with Gasteiger partial charge in [0, 0.05) is 39.3 Å². The number of piperidine rings is 1. The van der Waals surface area contributed by atoms with Crippen LogP contribution in [0.5, 0.6) is 0 Å². The summed E-state index contributed by atoms with van der Waals surface area (Å²) in [5.74, 6) is 3.10. The standard InChI is InChI=1S/C21H27N5O/c1-16-13-25(9-8-18(16)17-6-4-3-5-7-17)19-12-20(23-15-22-19)26-11-10-24(2)21(27)14-26/h3-7,12,15-16,18H,8-11,13-14H2,1-2H3. The minimum Gasteiger partial charge on any atom is -0.356 e. The highest BCUT2D eigenvalue weighted by Gasteiger charge is 2.28. The van der Waals surface area contributed by atoms with E-state index in [9.17, 15) is 4.79 Å². The molecule has 2 unspecified atom stereocenters. The van der Waals surface area contributed by atoms with Crippen LogP contribution in [0.3, 0.4) is 0 Å². The molecule has 4 rings (SSSR count). The molecule has 0 spiro atoms. The highest BCUT2D eigenvalue weighted by Crippen LogP contribution is 2.34. The normalized spacial score (nSPS) is 23.6. The topological polar surface area (TPSA) is 52.6 Å². The van der Waals surface area contributed by atoms with Crippen molar-refractivity contribution in [3.63, 3.8) is 0 Å². The van der Waals surface area contributed by atoms with Crippen LogP contribution in [0.1, 0.15) is 24.8 Å². The van der Waals surface area contributed by atoms with E-state index in [0.29, 0.717) is 18.4 Å². The number of amides is 1. The predicted molar refractivity (Wildman–Crippen MR) is 107 cm³/mol. The van der Waals surface area contributed by atoms with Crippen LogP contribution in [0.2, 0.25) is 0 Å². The van der Waals surface area contributed by atoms with E-state index >= 15 is 0 Å². The number of anilines is 2. The second kappa shape index (κ2) is 7.55. The average molecular weight is 365 g/mol. The fourth-order valence-electron chi connectivity index (χ4n) is 4.19. The molecule has 6 heteroatoms. The Labute approximate surface area is 160 Å². The van der Waals surface area contributed by atoms with Gasteiger partial charge in [0.05, 0.1) is 6.54 Å². The summed E-state index contributed by atoms with van der Waals surface area (Å²) in [5.41, 5.74) is 1.43. The Morgan fingerprint density at radius 2 is 1.74 bits per heavy atom. The van der Waals surface area contributed by atoms with Crippen molar-refractivity contribution in [2.24, 2.45) is 5.92 Å². The zero-order valence-electron chi connectivity index (χ0n) is 16.1. The van der Waals surface area contributed by atoms with E-state index < -0.39 is 0 Å². The van der Waals surface area contributed by atoms with Crippen LogP contribution >= 0.6 is 0 Å². The molecule has 1 amide bonds. The van der Waals surface area contributed by atoms with Crippen LogP contribution in [-0.4, -0.2) is 60.5 Å². The van der Waals surface area contributed by atoms with Crippen LogP contribution in [-0.2, 0) is 4.79 Å². The van der Waals surface area contributed by atoms with E-state index in [2.05, 4.69) is 52.1 Å². The second-order valence-corrected chi connectivity index (χ2v) is 7.70. The van der Waals surface area contributed by atoms with Crippen molar-refractivity contribution in [3.8, 4) is 0 Å². The van der Waals surface area contributed by atoms with E-state index in [1.165, 1.54) is 5.56 Å². The van der Waals surface area contributed by atoms with Crippen molar-refractivity contribution < 1.29 is 4.79 Å². The first-order valence-electron chi connectivity index (χ1n) is 9.72. The van der Waals surface area contributed by atoms with E-state index in [0.717, 1.165) is 44.2 Å². The molecule has 27 heavy (non-hydrogen) atoms. The van der Waals surface area contributed by atoms with E-state index in [1.54, 1.807) is 11.2 Å². The first kappa shape index (κ1) is 17.8. The van der Waals surface area contributed by atoms with Gasteiger partial charge < -0.3 is 14.7 Å². The van der Waals surface area contributed by atoms with Gasteiger partial charge in [0.15, 0.2) is 0 Å². The SMILES string of the molecule is CC1CN(c2cc(N3CCN(C)C(=O)C3)ncn2)CCC1c1ccccc1. The molecular weight excluding hydrogens is 338 g/mol. The number of likely N-dealkylation sites (N-methyl/N-ethyl adjacent to an activating group) is 1. The molecule has 0 aliphatic carbocycles.